The molecule has 0 aliphatic carbocycles. The molecular formula is C23H28N2O4. The van der Waals surface area contributed by atoms with Crippen molar-refractivity contribution in [2.75, 3.05) is 51.9 Å². The average molecular weight is 396 g/mol. The summed E-state index contributed by atoms with van der Waals surface area (Å²) in [5.41, 5.74) is 2.16. The molecule has 0 radical (unpaired) electrons. The van der Waals surface area contributed by atoms with Crippen LogP contribution in [0.15, 0.2) is 48.5 Å². The van der Waals surface area contributed by atoms with Gasteiger partial charge in [0, 0.05) is 31.9 Å². The average Bonchev–Trinajstić information content (AvgIpc) is 2.78. The predicted molar refractivity (Wildman–Crippen MR) is 115 cm³/mol. The minimum absolute atomic E-state index is 0.00184. The minimum atomic E-state index is -0.0148. The Morgan fingerprint density at radius 3 is 2.31 bits per heavy atom. The first-order valence-electron chi connectivity index (χ1n) is 9.75. The highest BCUT2D eigenvalue weighted by Crippen LogP contribution is 2.28. The number of ether oxygens (including phenoxy) is 3. The monoisotopic (exact) mass is 396 g/mol. The smallest absolute Gasteiger partial charge is 0.260 e. The van der Waals surface area contributed by atoms with E-state index in [1.807, 2.05) is 66.4 Å². The Kier molecular flexibility index (Phi) is 7.00. The van der Waals surface area contributed by atoms with Crippen molar-refractivity contribution in [3.8, 4) is 17.2 Å². The molecule has 1 amide bonds. The zero-order valence-corrected chi connectivity index (χ0v) is 17.3. The van der Waals surface area contributed by atoms with Gasteiger partial charge < -0.3 is 24.0 Å². The van der Waals surface area contributed by atoms with Gasteiger partial charge >= 0.3 is 0 Å². The number of allylic oxidation sites excluding steroid dienone is 1. The molecule has 0 spiro atoms. The summed E-state index contributed by atoms with van der Waals surface area (Å²) >= 11 is 0. The van der Waals surface area contributed by atoms with E-state index in [1.165, 1.54) is 0 Å². The van der Waals surface area contributed by atoms with E-state index in [0.29, 0.717) is 24.6 Å². The van der Waals surface area contributed by atoms with Gasteiger partial charge in [-0.05, 0) is 48.9 Å². The quantitative estimate of drug-likeness (QED) is 0.717. The molecule has 1 fully saturated rings. The Labute approximate surface area is 172 Å². The number of hydrogen-bond acceptors (Lipinski definition) is 5. The van der Waals surface area contributed by atoms with Crippen LogP contribution in [-0.4, -0.2) is 57.8 Å². The zero-order valence-electron chi connectivity index (χ0n) is 17.3. The highest BCUT2D eigenvalue weighted by molar-refractivity contribution is 5.78. The summed E-state index contributed by atoms with van der Waals surface area (Å²) in [7, 11) is 3.26. The Balaban J connectivity index is 1.52. The van der Waals surface area contributed by atoms with Crippen molar-refractivity contribution in [3.63, 3.8) is 0 Å². The van der Waals surface area contributed by atoms with Crippen LogP contribution in [-0.2, 0) is 4.79 Å². The third-order valence-electron chi connectivity index (χ3n) is 4.97. The molecule has 1 saturated heterocycles. The van der Waals surface area contributed by atoms with Crippen molar-refractivity contribution in [1.29, 1.82) is 0 Å². The molecule has 29 heavy (non-hydrogen) atoms. The lowest BCUT2D eigenvalue weighted by Crippen LogP contribution is -2.50. The maximum Gasteiger partial charge on any atom is 0.260 e. The van der Waals surface area contributed by atoms with E-state index < -0.39 is 0 Å². The molecule has 0 bridgehead atoms. The SMILES string of the molecule is C/C=C/c1ccc(OCC(=O)N2CCN(c3ccc(OC)cc3)CC2)c(OC)c1. The number of carbonyl (C=O) groups excluding carboxylic acids is 1. The van der Waals surface area contributed by atoms with Crippen molar-refractivity contribution < 1.29 is 19.0 Å². The van der Waals surface area contributed by atoms with Crippen LogP contribution in [0.5, 0.6) is 17.2 Å². The molecule has 154 valence electrons. The van der Waals surface area contributed by atoms with Gasteiger partial charge in [0.05, 0.1) is 14.2 Å². The van der Waals surface area contributed by atoms with Crippen LogP contribution in [0.2, 0.25) is 0 Å². The molecule has 1 aliphatic rings. The van der Waals surface area contributed by atoms with E-state index in [0.717, 1.165) is 30.1 Å². The summed E-state index contributed by atoms with van der Waals surface area (Å²) in [4.78, 5) is 16.7. The molecule has 0 unspecified atom stereocenters. The van der Waals surface area contributed by atoms with Gasteiger partial charge in [0.1, 0.15) is 5.75 Å². The maximum absolute atomic E-state index is 12.6. The molecular weight excluding hydrogens is 368 g/mol. The second-order valence-corrected chi connectivity index (χ2v) is 6.76. The lowest BCUT2D eigenvalue weighted by Gasteiger charge is -2.36. The number of benzene rings is 2. The predicted octanol–water partition coefficient (Wildman–Crippen LogP) is 3.46. The van der Waals surface area contributed by atoms with Gasteiger partial charge in [0.25, 0.3) is 5.91 Å². The van der Waals surface area contributed by atoms with Crippen molar-refractivity contribution in [1.82, 2.24) is 4.90 Å². The fourth-order valence-electron chi connectivity index (χ4n) is 3.34. The van der Waals surface area contributed by atoms with E-state index >= 15 is 0 Å². The summed E-state index contributed by atoms with van der Waals surface area (Å²) < 4.78 is 16.3. The van der Waals surface area contributed by atoms with E-state index in [1.54, 1.807) is 14.2 Å². The molecule has 0 saturated carbocycles. The molecule has 2 aromatic carbocycles. The van der Waals surface area contributed by atoms with Crippen LogP contribution in [0.3, 0.4) is 0 Å². The van der Waals surface area contributed by atoms with E-state index in [-0.39, 0.29) is 12.5 Å². The first kappa shape index (κ1) is 20.6. The largest absolute Gasteiger partial charge is 0.497 e. The first-order chi connectivity index (χ1) is 14.1. The highest BCUT2D eigenvalue weighted by atomic mass is 16.5. The molecule has 1 aliphatic heterocycles. The highest BCUT2D eigenvalue weighted by Gasteiger charge is 2.22. The van der Waals surface area contributed by atoms with Crippen LogP contribution in [0.25, 0.3) is 6.08 Å². The van der Waals surface area contributed by atoms with Crippen LogP contribution in [0.1, 0.15) is 12.5 Å². The Hall–Kier alpha value is -3.15. The topological polar surface area (TPSA) is 51.2 Å². The van der Waals surface area contributed by atoms with Crippen LogP contribution in [0.4, 0.5) is 5.69 Å². The van der Waals surface area contributed by atoms with Gasteiger partial charge in [-0.3, -0.25) is 4.79 Å². The summed E-state index contributed by atoms with van der Waals surface area (Å²) in [5, 5.41) is 0. The summed E-state index contributed by atoms with van der Waals surface area (Å²) in [6, 6.07) is 13.7. The van der Waals surface area contributed by atoms with Crippen LogP contribution < -0.4 is 19.1 Å². The third-order valence-corrected chi connectivity index (χ3v) is 4.97. The van der Waals surface area contributed by atoms with Crippen molar-refractivity contribution in [2.45, 2.75) is 6.92 Å². The molecule has 3 rings (SSSR count). The summed E-state index contributed by atoms with van der Waals surface area (Å²) in [6.07, 6.45) is 3.95. The number of nitrogens with zero attached hydrogens (tertiary/aromatic N) is 2. The fourth-order valence-corrected chi connectivity index (χ4v) is 3.34. The normalized spacial score (nSPS) is 14.2. The van der Waals surface area contributed by atoms with Crippen LogP contribution in [0, 0.1) is 0 Å². The van der Waals surface area contributed by atoms with Crippen molar-refractivity contribution in [2.24, 2.45) is 0 Å². The molecule has 6 nitrogen and oxygen atoms in total. The van der Waals surface area contributed by atoms with Gasteiger partial charge in [-0.15, -0.1) is 0 Å². The summed E-state index contributed by atoms with van der Waals surface area (Å²) in [5.74, 6) is 2.02. The molecule has 2 aromatic rings. The van der Waals surface area contributed by atoms with Gasteiger partial charge in [-0.1, -0.05) is 18.2 Å². The number of rotatable bonds is 7. The van der Waals surface area contributed by atoms with E-state index in [4.69, 9.17) is 14.2 Å². The lowest BCUT2D eigenvalue weighted by molar-refractivity contribution is -0.133. The molecule has 0 aromatic heterocycles. The number of carbonyl (C=O) groups is 1. The second kappa shape index (κ2) is 9.87. The fraction of sp³-hybridized carbons (Fsp3) is 0.348. The number of amides is 1. The van der Waals surface area contributed by atoms with E-state index in [2.05, 4.69) is 4.90 Å². The molecule has 0 atom stereocenters. The lowest BCUT2D eigenvalue weighted by atomic mass is 10.2. The number of hydrogen-bond donors (Lipinski definition) is 0. The summed E-state index contributed by atoms with van der Waals surface area (Å²) in [6.45, 7) is 4.89. The Bertz CT molecular complexity index is 840. The number of anilines is 1. The molecule has 6 heteroatoms. The van der Waals surface area contributed by atoms with Gasteiger partial charge in [-0.25, -0.2) is 0 Å². The zero-order chi connectivity index (χ0) is 20.6. The Morgan fingerprint density at radius 1 is 0.966 bits per heavy atom. The van der Waals surface area contributed by atoms with Gasteiger partial charge in [-0.2, -0.15) is 0 Å². The molecule has 0 N–H and O–H groups in total. The van der Waals surface area contributed by atoms with Gasteiger partial charge in [0.2, 0.25) is 0 Å². The minimum Gasteiger partial charge on any atom is -0.497 e. The van der Waals surface area contributed by atoms with Crippen LogP contribution >= 0.6 is 0 Å². The second-order valence-electron chi connectivity index (χ2n) is 6.76. The van der Waals surface area contributed by atoms with Crippen molar-refractivity contribution >= 4 is 17.7 Å². The first-order valence-corrected chi connectivity index (χ1v) is 9.75. The molecule has 1 heterocycles. The number of methoxy groups -OCH3 is 2. The number of piperazine rings is 1. The standard InChI is InChI=1S/C23H28N2O4/c1-4-5-18-6-11-21(22(16-18)28-3)29-17-23(26)25-14-12-24(13-15-25)19-7-9-20(27-2)10-8-19/h4-11,16H,12-15,17H2,1-3H3/b5-4+. The Morgan fingerprint density at radius 2 is 1.69 bits per heavy atom. The van der Waals surface area contributed by atoms with Gasteiger partial charge in [0.15, 0.2) is 18.1 Å². The maximum atomic E-state index is 12.6. The van der Waals surface area contributed by atoms with Crippen molar-refractivity contribution in [3.05, 3.63) is 54.1 Å². The third kappa shape index (κ3) is 5.22. The van der Waals surface area contributed by atoms with E-state index in [9.17, 15) is 4.79 Å².